The molecule has 1 aliphatic rings. The van der Waals surface area contributed by atoms with Crippen LogP contribution >= 0.6 is 28.6 Å². The van der Waals surface area contributed by atoms with Crippen molar-refractivity contribution in [1.29, 1.82) is 5.26 Å². The number of carbonyl (C=O) groups is 1. The number of amides is 1. The fourth-order valence-electron chi connectivity index (χ4n) is 1.80. The zero-order valence-corrected chi connectivity index (χ0v) is 12.2. The summed E-state index contributed by atoms with van der Waals surface area (Å²) in [7, 11) is 0. The van der Waals surface area contributed by atoms with Crippen LogP contribution in [0.4, 0.5) is 5.69 Å². The quantitative estimate of drug-likeness (QED) is 0.834. The van der Waals surface area contributed by atoms with Crippen LogP contribution in [0.5, 0.6) is 0 Å². The van der Waals surface area contributed by atoms with E-state index in [0.717, 1.165) is 18.6 Å². The minimum atomic E-state index is 0.0122. The standard InChI is InChI=1S/C13H13BrN2OS/c14-11-5-10(2-1-9(11)7-15)16-12(17)6-13(8-18)3-4-13/h1-2,5,18H,3-4,6,8H2,(H,16,17). The lowest BCUT2D eigenvalue weighted by atomic mass is 10.1. The van der Waals surface area contributed by atoms with Crippen molar-refractivity contribution in [2.75, 3.05) is 11.1 Å². The maximum atomic E-state index is 11.9. The molecule has 0 unspecified atom stereocenters. The first kappa shape index (κ1) is 13.4. The highest BCUT2D eigenvalue weighted by Crippen LogP contribution is 2.49. The number of rotatable bonds is 4. The number of hydrogen-bond acceptors (Lipinski definition) is 3. The summed E-state index contributed by atoms with van der Waals surface area (Å²) in [6.07, 6.45) is 2.69. The summed E-state index contributed by atoms with van der Waals surface area (Å²) < 4.78 is 0.693. The minimum absolute atomic E-state index is 0.0122. The molecule has 0 atom stereocenters. The van der Waals surface area contributed by atoms with E-state index in [4.69, 9.17) is 5.26 Å². The molecule has 1 amide bonds. The molecule has 0 radical (unpaired) electrons. The zero-order chi connectivity index (χ0) is 13.2. The number of thiol groups is 1. The Morgan fingerprint density at radius 2 is 2.28 bits per heavy atom. The molecule has 1 aliphatic carbocycles. The molecule has 0 aromatic heterocycles. The molecule has 0 saturated heterocycles. The van der Waals surface area contributed by atoms with E-state index in [1.54, 1.807) is 18.2 Å². The molecule has 3 nitrogen and oxygen atoms in total. The average molecular weight is 325 g/mol. The van der Waals surface area contributed by atoms with Crippen molar-refractivity contribution in [3.8, 4) is 6.07 Å². The fraction of sp³-hybridized carbons (Fsp3) is 0.385. The summed E-state index contributed by atoms with van der Waals surface area (Å²) >= 11 is 7.58. The van der Waals surface area contributed by atoms with Gasteiger partial charge in [0, 0.05) is 16.6 Å². The summed E-state index contributed by atoms with van der Waals surface area (Å²) in [4.78, 5) is 11.9. The molecule has 5 heteroatoms. The predicted octanol–water partition coefficient (Wildman–Crippen LogP) is 3.36. The monoisotopic (exact) mass is 324 g/mol. The maximum Gasteiger partial charge on any atom is 0.224 e. The third kappa shape index (κ3) is 3.06. The fourth-order valence-corrected chi connectivity index (χ4v) is 2.69. The summed E-state index contributed by atoms with van der Waals surface area (Å²) in [6, 6.07) is 7.23. The number of nitriles is 1. The Morgan fingerprint density at radius 3 is 2.78 bits per heavy atom. The topological polar surface area (TPSA) is 52.9 Å². The number of nitrogens with one attached hydrogen (secondary N) is 1. The Hall–Kier alpha value is -0.990. The van der Waals surface area contributed by atoms with Crippen LogP contribution in [0.3, 0.4) is 0 Å². The van der Waals surface area contributed by atoms with Crippen molar-refractivity contribution < 1.29 is 4.79 Å². The van der Waals surface area contributed by atoms with E-state index < -0.39 is 0 Å². The van der Waals surface area contributed by atoms with Crippen LogP contribution in [-0.2, 0) is 4.79 Å². The van der Waals surface area contributed by atoms with E-state index in [9.17, 15) is 4.79 Å². The van der Waals surface area contributed by atoms with Gasteiger partial charge in [0.05, 0.1) is 5.56 Å². The van der Waals surface area contributed by atoms with Gasteiger partial charge in [-0.1, -0.05) is 0 Å². The van der Waals surface area contributed by atoms with Gasteiger partial charge in [0.1, 0.15) is 6.07 Å². The number of anilines is 1. The molecule has 94 valence electrons. The van der Waals surface area contributed by atoms with Gasteiger partial charge in [0.25, 0.3) is 0 Å². The van der Waals surface area contributed by atoms with Crippen LogP contribution in [-0.4, -0.2) is 11.7 Å². The number of benzene rings is 1. The summed E-state index contributed by atoms with van der Waals surface area (Å²) in [5.74, 6) is 0.774. The highest BCUT2D eigenvalue weighted by Gasteiger charge is 2.42. The van der Waals surface area contributed by atoms with Crippen LogP contribution < -0.4 is 5.32 Å². The van der Waals surface area contributed by atoms with Crippen LogP contribution in [0.25, 0.3) is 0 Å². The van der Waals surface area contributed by atoms with Crippen molar-refractivity contribution in [2.45, 2.75) is 19.3 Å². The summed E-state index contributed by atoms with van der Waals surface area (Å²) in [5, 5.41) is 11.7. The normalized spacial score (nSPS) is 15.8. The zero-order valence-electron chi connectivity index (χ0n) is 9.74. The Balaban J connectivity index is 1.99. The molecule has 0 heterocycles. The molecule has 0 spiro atoms. The van der Waals surface area contributed by atoms with Gasteiger partial charge < -0.3 is 5.32 Å². The lowest BCUT2D eigenvalue weighted by Gasteiger charge is -2.12. The number of halogens is 1. The van der Waals surface area contributed by atoms with Crippen LogP contribution in [0.2, 0.25) is 0 Å². The second-order valence-electron chi connectivity index (χ2n) is 4.69. The van der Waals surface area contributed by atoms with Gasteiger partial charge in [-0.3, -0.25) is 4.79 Å². The van der Waals surface area contributed by atoms with Crippen molar-refractivity contribution in [3.63, 3.8) is 0 Å². The Morgan fingerprint density at radius 1 is 1.56 bits per heavy atom. The summed E-state index contributed by atoms with van der Waals surface area (Å²) in [6.45, 7) is 0. The van der Waals surface area contributed by atoms with Gasteiger partial charge in [-0.15, -0.1) is 0 Å². The van der Waals surface area contributed by atoms with Crippen molar-refractivity contribution in [3.05, 3.63) is 28.2 Å². The maximum absolute atomic E-state index is 11.9. The number of carbonyl (C=O) groups excluding carboxylic acids is 1. The number of nitrogens with zero attached hydrogens (tertiary/aromatic N) is 1. The second kappa shape index (κ2) is 5.33. The van der Waals surface area contributed by atoms with E-state index in [1.807, 2.05) is 0 Å². The van der Waals surface area contributed by atoms with Crippen molar-refractivity contribution in [1.82, 2.24) is 0 Å². The van der Waals surface area contributed by atoms with Gasteiger partial charge >= 0.3 is 0 Å². The van der Waals surface area contributed by atoms with E-state index in [1.165, 1.54) is 0 Å². The molecule has 1 aromatic carbocycles. The van der Waals surface area contributed by atoms with E-state index in [-0.39, 0.29) is 11.3 Å². The highest BCUT2D eigenvalue weighted by atomic mass is 79.9. The molecule has 0 aliphatic heterocycles. The molecule has 18 heavy (non-hydrogen) atoms. The van der Waals surface area contributed by atoms with E-state index >= 15 is 0 Å². The Labute approximate surface area is 120 Å². The first-order valence-electron chi connectivity index (χ1n) is 5.69. The van der Waals surface area contributed by atoms with Gasteiger partial charge in [0.15, 0.2) is 0 Å². The van der Waals surface area contributed by atoms with Crippen LogP contribution in [0, 0.1) is 16.7 Å². The van der Waals surface area contributed by atoms with Gasteiger partial charge in [-0.05, 0) is 58.1 Å². The first-order valence-corrected chi connectivity index (χ1v) is 7.11. The van der Waals surface area contributed by atoms with Gasteiger partial charge in [0.2, 0.25) is 5.91 Å². The Bertz CT molecular complexity index is 520. The van der Waals surface area contributed by atoms with Gasteiger partial charge in [-0.2, -0.15) is 17.9 Å². The van der Waals surface area contributed by atoms with Crippen LogP contribution in [0.1, 0.15) is 24.8 Å². The molecule has 1 N–H and O–H groups in total. The largest absolute Gasteiger partial charge is 0.326 e. The highest BCUT2D eigenvalue weighted by molar-refractivity contribution is 9.10. The third-order valence-corrected chi connectivity index (χ3v) is 4.53. The lowest BCUT2D eigenvalue weighted by Crippen LogP contribution is -2.18. The Kier molecular flexibility index (Phi) is 3.98. The third-order valence-electron chi connectivity index (χ3n) is 3.20. The number of hydrogen-bond donors (Lipinski definition) is 2. The van der Waals surface area contributed by atoms with Crippen molar-refractivity contribution >= 4 is 40.2 Å². The molecular formula is C13H13BrN2OS. The predicted molar refractivity (Wildman–Crippen MR) is 77.6 cm³/mol. The average Bonchev–Trinajstić information content (AvgIpc) is 3.09. The van der Waals surface area contributed by atoms with Crippen LogP contribution in [0.15, 0.2) is 22.7 Å². The molecule has 1 fully saturated rings. The molecule has 2 rings (SSSR count). The molecule has 0 bridgehead atoms. The first-order chi connectivity index (χ1) is 8.58. The lowest BCUT2D eigenvalue weighted by molar-refractivity contribution is -0.117. The van der Waals surface area contributed by atoms with E-state index in [2.05, 4.69) is 39.9 Å². The van der Waals surface area contributed by atoms with Gasteiger partial charge in [-0.25, -0.2) is 0 Å². The minimum Gasteiger partial charge on any atom is -0.326 e. The second-order valence-corrected chi connectivity index (χ2v) is 5.86. The van der Waals surface area contributed by atoms with E-state index in [0.29, 0.717) is 22.1 Å². The molecule has 1 aromatic rings. The smallest absolute Gasteiger partial charge is 0.224 e. The SMILES string of the molecule is N#Cc1ccc(NC(=O)CC2(CS)CC2)cc1Br. The summed E-state index contributed by atoms with van der Waals surface area (Å²) in [5.41, 5.74) is 1.39. The molecular weight excluding hydrogens is 312 g/mol. The molecule has 1 saturated carbocycles. The van der Waals surface area contributed by atoms with Crippen molar-refractivity contribution in [2.24, 2.45) is 5.41 Å².